The molecule has 1 atom stereocenters. The van der Waals surface area contributed by atoms with Gasteiger partial charge in [-0.1, -0.05) is 0 Å². The van der Waals surface area contributed by atoms with Crippen molar-refractivity contribution in [3.05, 3.63) is 12.2 Å². The van der Waals surface area contributed by atoms with E-state index in [0.29, 0.717) is 5.92 Å². The van der Waals surface area contributed by atoms with E-state index < -0.39 is 0 Å². The summed E-state index contributed by atoms with van der Waals surface area (Å²) in [5.41, 5.74) is 6.34. The van der Waals surface area contributed by atoms with Crippen LogP contribution in [0.25, 0.3) is 0 Å². The van der Waals surface area contributed by atoms with Gasteiger partial charge in [-0.15, -0.1) is 10.2 Å². The van der Waals surface area contributed by atoms with Gasteiger partial charge in [-0.2, -0.15) is 0 Å². The van der Waals surface area contributed by atoms with Crippen molar-refractivity contribution in [2.75, 3.05) is 0 Å². The topological polar surface area (TPSA) is 56.7 Å². The molecule has 4 nitrogen and oxygen atoms in total. The van der Waals surface area contributed by atoms with Crippen molar-refractivity contribution in [1.82, 2.24) is 14.8 Å². The Bertz CT molecular complexity index is 326. The number of hydrogen-bond donors (Lipinski definition) is 1. The summed E-state index contributed by atoms with van der Waals surface area (Å²) < 4.78 is 2.14. The van der Waals surface area contributed by atoms with Crippen LogP contribution in [-0.2, 0) is 13.0 Å². The maximum Gasteiger partial charge on any atom is 0.133 e. The zero-order valence-corrected chi connectivity index (χ0v) is 7.61. The molecule has 0 spiro atoms. The third-order valence-electron chi connectivity index (χ3n) is 3.48. The smallest absolute Gasteiger partial charge is 0.133 e. The molecule has 2 N–H and O–H groups in total. The molecule has 4 heteroatoms. The molecule has 2 heterocycles. The van der Waals surface area contributed by atoms with Crippen molar-refractivity contribution in [2.24, 2.45) is 11.7 Å². The molecule has 0 radical (unpaired) electrons. The minimum atomic E-state index is 0.150. The molecule has 1 aromatic heterocycles. The van der Waals surface area contributed by atoms with Crippen molar-refractivity contribution in [1.29, 1.82) is 0 Å². The molecular formula is C9H14N4. The van der Waals surface area contributed by atoms with Gasteiger partial charge in [0.2, 0.25) is 0 Å². The lowest BCUT2D eigenvalue weighted by Gasteiger charge is -2.27. The SMILES string of the molecule is NC1(C2CCn3cnnc3C2)CC1. The lowest BCUT2D eigenvalue weighted by Crippen LogP contribution is -2.37. The number of rotatable bonds is 1. The number of aryl methyl sites for hydroxylation is 1. The second-order valence-corrected chi connectivity index (χ2v) is 4.36. The molecule has 3 rings (SSSR count). The van der Waals surface area contributed by atoms with Gasteiger partial charge in [0, 0.05) is 18.5 Å². The number of nitrogens with two attached hydrogens (primary N) is 1. The molecule has 1 aromatic rings. The summed E-state index contributed by atoms with van der Waals surface area (Å²) >= 11 is 0. The molecule has 0 amide bonds. The molecule has 1 aliphatic carbocycles. The Morgan fingerprint density at radius 2 is 2.38 bits per heavy atom. The Kier molecular flexibility index (Phi) is 1.34. The Balaban J connectivity index is 1.84. The van der Waals surface area contributed by atoms with Crippen LogP contribution in [0.1, 0.15) is 25.1 Å². The predicted octanol–water partition coefficient (Wildman–Crippen LogP) is 0.332. The molecule has 1 aliphatic heterocycles. The first-order chi connectivity index (χ1) is 6.28. The second-order valence-electron chi connectivity index (χ2n) is 4.36. The average Bonchev–Trinajstić information content (AvgIpc) is 2.74. The summed E-state index contributed by atoms with van der Waals surface area (Å²) in [6.07, 6.45) is 6.44. The normalized spacial score (nSPS) is 29.8. The van der Waals surface area contributed by atoms with E-state index >= 15 is 0 Å². The monoisotopic (exact) mass is 178 g/mol. The summed E-state index contributed by atoms with van der Waals surface area (Å²) in [6, 6.07) is 0. The van der Waals surface area contributed by atoms with E-state index in [1.807, 2.05) is 6.33 Å². The van der Waals surface area contributed by atoms with Crippen LogP contribution in [0.15, 0.2) is 6.33 Å². The van der Waals surface area contributed by atoms with E-state index in [-0.39, 0.29) is 5.54 Å². The molecule has 13 heavy (non-hydrogen) atoms. The van der Waals surface area contributed by atoms with Crippen molar-refractivity contribution < 1.29 is 0 Å². The quantitative estimate of drug-likeness (QED) is 0.674. The standard InChI is InChI=1S/C9H14N4/c10-9(2-3-9)7-1-4-13-6-11-12-8(13)5-7/h6-7H,1-5,10H2. The zero-order chi connectivity index (χ0) is 8.89. The molecule has 1 unspecified atom stereocenters. The molecule has 0 aromatic carbocycles. The zero-order valence-electron chi connectivity index (χ0n) is 7.61. The molecular weight excluding hydrogens is 164 g/mol. The first-order valence-electron chi connectivity index (χ1n) is 4.93. The van der Waals surface area contributed by atoms with Gasteiger partial charge in [0.05, 0.1) is 0 Å². The van der Waals surface area contributed by atoms with E-state index in [0.717, 1.165) is 18.8 Å². The van der Waals surface area contributed by atoms with E-state index in [1.54, 1.807) is 0 Å². The molecule has 1 fully saturated rings. The van der Waals surface area contributed by atoms with Crippen LogP contribution in [0.5, 0.6) is 0 Å². The Labute approximate surface area is 77.1 Å². The number of nitrogens with zero attached hydrogens (tertiary/aromatic N) is 3. The van der Waals surface area contributed by atoms with Gasteiger partial charge in [0.15, 0.2) is 0 Å². The van der Waals surface area contributed by atoms with Crippen molar-refractivity contribution >= 4 is 0 Å². The van der Waals surface area contributed by atoms with Crippen molar-refractivity contribution in [3.63, 3.8) is 0 Å². The summed E-state index contributed by atoms with van der Waals surface area (Å²) in [6.45, 7) is 1.05. The highest BCUT2D eigenvalue weighted by Gasteiger charge is 2.46. The Morgan fingerprint density at radius 3 is 3.15 bits per heavy atom. The summed E-state index contributed by atoms with van der Waals surface area (Å²) in [5, 5.41) is 8.02. The van der Waals surface area contributed by atoms with Crippen molar-refractivity contribution in [2.45, 2.75) is 37.8 Å². The highest BCUT2D eigenvalue weighted by atomic mass is 15.3. The largest absolute Gasteiger partial charge is 0.325 e. The number of fused-ring (bicyclic) bond motifs is 1. The highest BCUT2D eigenvalue weighted by molar-refractivity contribution is 5.08. The lowest BCUT2D eigenvalue weighted by molar-refractivity contribution is 0.311. The van der Waals surface area contributed by atoms with Crippen LogP contribution in [0.2, 0.25) is 0 Å². The third-order valence-corrected chi connectivity index (χ3v) is 3.48. The van der Waals surface area contributed by atoms with E-state index in [9.17, 15) is 0 Å². The van der Waals surface area contributed by atoms with E-state index in [1.165, 1.54) is 19.3 Å². The second kappa shape index (κ2) is 2.32. The first-order valence-corrected chi connectivity index (χ1v) is 4.93. The molecule has 0 saturated heterocycles. The maximum atomic E-state index is 6.19. The number of hydrogen-bond acceptors (Lipinski definition) is 3. The van der Waals surface area contributed by atoms with Crippen LogP contribution in [0.4, 0.5) is 0 Å². The minimum Gasteiger partial charge on any atom is -0.325 e. The van der Waals surface area contributed by atoms with Crippen LogP contribution >= 0.6 is 0 Å². The fraction of sp³-hybridized carbons (Fsp3) is 0.778. The van der Waals surface area contributed by atoms with Gasteiger partial charge >= 0.3 is 0 Å². The highest BCUT2D eigenvalue weighted by Crippen LogP contribution is 2.43. The van der Waals surface area contributed by atoms with Gasteiger partial charge in [0.25, 0.3) is 0 Å². The molecule has 2 aliphatic rings. The molecule has 70 valence electrons. The van der Waals surface area contributed by atoms with Gasteiger partial charge in [-0.05, 0) is 25.2 Å². The fourth-order valence-corrected chi connectivity index (χ4v) is 2.28. The van der Waals surface area contributed by atoms with Gasteiger partial charge in [-0.25, -0.2) is 0 Å². The molecule has 0 bridgehead atoms. The van der Waals surface area contributed by atoms with Gasteiger partial charge in [-0.3, -0.25) is 0 Å². The van der Waals surface area contributed by atoms with Gasteiger partial charge < -0.3 is 10.3 Å². The third kappa shape index (κ3) is 1.09. The van der Waals surface area contributed by atoms with Crippen LogP contribution in [0.3, 0.4) is 0 Å². The first kappa shape index (κ1) is 7.50. The lowest BCUT2D eigenvalue weighted by atomic mass is 9.88. The fourth-order valence-electron chi connectivity index (χ4n) is 2.28. The van der Waals surface area contributed by atoms with Crippen LogP contribution < -0.4 is 5.73 Å². The summed E-state index contributed by atoms with van der Waals surface area (Å²) in [5.74, 6) is 1.76. The molecule has 1 saturated carbocycles. The Morgan fingerprint density at radius 1 is 1.54 bits per heavy atom. The Hall–Kier alpha value is -0.900. The van der Waals surface area contributed by atoms with E-state index in [4.69, 9.17) is 5.73 Å². The van der Waals surface area contributed by atoms with Crippen molar-refractivity contribution in [3.8, 4) is 0 Å². The maximum absolute atomic E-state index is 6.19. The number of aromatic nitrogens is 3. The average molecular weight is 178 g/mol. The van der Waals surface area contributed by atoms with Crippen LogP contribution in [0, 0.1) is 5.92 Å². The predicted molar refractivity (Wildman–Crippen MR) is 48.0 cm³/mol. The summed E-state index contributed by atoms with van der Waals surface area (Å²) in [7, 11) is 0. The summed E-state index contributed by atoms with van der Waals surface area (Å²) in [4.78, 5) is 0. The minimum absolute atomic E-state index is 0.150. The van der Waals surface area contributed by atoms with E-state index in [2.05, 4.69) is 14.8 Å². The van der Waals surface area contributed by atoms with Crippen LogP contribution in [-0.4, -0.2) is 20.3 Å². The van der Waals surface area contributed by atoms with Gasteiger partial charge in [0.1, 0.15) is 12.2 Å².